The zero-order valence-electron chi connectivity index (χ0n) is 12.6. The van der Waals surface area contributed by atoms with Crippen LogP contribution in [0.3, 0.4) is 0 Å². The Balaban J connectivity index is 1.95. The molecule has 1 aromatic rings. The molecule has 1 amide bonds. The average molecular weight is 313 g/mol. The van der Waals surface area contributed by atoms with Crippen LogP contribution >= 0.6 is 11.6 Å². The molecule has 1 aromatic heterocycles. The minimum atomic E-state index is -0.479. The van der Waals surface area contributed by atoms with Crippen LogP contribution in [0.15, 0.2) is 12.5 Å². The van der Waals surface area contributed by atoms with Gasteiger partial charge in [-0.2, -0.15) is 0 Å². The van der Waals surface area contributed by atoms with E-state index in [0.29, 0.717) is 23.9 Å². The van der Waals surface area contributed by atoms with Gasteiger partial charge in [-0.05, 0) is 33.6 Å². The lowest BCUT2D eigenvalue weighted by atomic mass is 10.1. The van der Waals surface area contributed by atoms with Crippen LogP contribution < -0.4 is 5.32 Å². The average Bonchev–Trinajstić information content (AvgIpc) is 2.40. The summed E-state index contributed by atoms with van der Waals surface area (Å²) in [5, 5.41) is 3.74. The van der Waals surface area contributed by atoms with E-state index in [9.17, 15) is 4.79 Å². The van der Waals surface area contributed by atoms with Gasteiger partial charge in [-0.3, -0.25) is 0 Å². The van der Waals surface area contributed by atoms with E-state index in [1.165, 1.54) is 6.33 Å². The highest BCUT2D eigenvalue weighted by Crippen LogP contribution is 2.21. The number of nitrogens with zero attached hydrogens (tertiary/aromatic N) is 3. The topological polar surface area (TPSA) is 67.3 Å². The first-order chi connectivity index (χ1) is 9.85. The van der Waals surface area contributed by atoms with Crippen molar-refractivity contribution in [3.63, 3.8) is 0 Å². The van der Waals surface area contributed by atoms with Crippen molar-refractivity contribution in [2.75, 3.05) is 18.4 Å². The summed E-state index contributed by atoms with van der Waals surface area (Å²) < 4.78 is 5.41. The van der Waals surface area contributed by atoms with Crippen LogP contribution in [0.1, 0.15) is 33.6 Å². The van der Waals surface area contributed by atoms with Gasteiger partial charge in [0.15, 0.2) is 0 Å². The summed E-state index contributed by atoms with van der Waals surface area (Å²) >= 11 is 6.04. The van der Waals surface area contributed by atoms with Crippen molar-refractivity contribution in [2.45, 2.75) is 45.3 Å². The fraction of sp³-hybridized carbons (Fsp3) is 0.643. The molecule has 6 nitrogen and oxygen atoms in total. The van der Waals surface area contributed by atoms with E-state index in [1.54, 1.807) is 11.1 Å². The molecule has 0 aromatic carbocycles. The number of halogens is 1. The lowest BCUT2D eigenvalue weighted by Gasteiger charge is -2.34. The fourth-order valence-electron chi connectivity index (χ4n) is 2.20. The normalized spacial score (nSPS) is 19.2. The Morgan fingerprint density at radius 3 is 2.95 bits per heavy atom. The summed E-state index contributed by atoms with van der Waals surface area (Å²) in [4.78, 5) is 21.8. The molecule has 7 heteroatoms. The highest BCUT2D eigenvalue weighted by atomic mass is 35.5. The zero-order chi connectivity index (χ0) is 15.5. The van der Waals surface area contributed by atoms with E-state index in [1.807, 2.05) is 20.8 Å². The van der Waals surface area contributed by atoms with Crippen molar-refractivity contribution < 1.29 is 9.53 Å². The molecule has 21 heavy (non-hydrogen) atoms. The smallest absolute Gasteiger partial charge is 0.410 e. The number of anilines is 1. The Morgan fingerprint density at radius 1 is 1.52 bits per heavy atom. The van der Waals surface area contributed by atoms with Crippen molar-refractivity contribution >= 4 is 23.5 Å². The first-order valence-electron chi connectivity index (χ1n) is 7.05. The summed E-state index contributed by atoms with van der Waals surface area (Å²) in [6.07, 6.45) is 4.59. The lowest BCUT2D eigenvalue weighted by molar-refractivity contribution is 0.0206. The summed E-state index contributed by atoms with van der Waals surface area (Å²) in [7, 11) is 0. The molecule has 1 atom stereocenters. The third kappa shape index (κ3) is 4.74. The number of carbonyl (C=O) groups excluding carboxylic acids is 1. The number of aromatic nitrogens is 2. The van der Waals surface area contributed by atoms with Gasteiger partial charge in [0.05, 0.1) is 6.20 Å². The molecule has 2 heterocycles. The van der Waals surface area contributed by atoms with Gasteiger partial charge in [0.25, 0.3) is 0 Å². The van der Waals surface area contributed by atoms with Crippen LogP contribution in [0.25, 0.3) is 0 Å². The third-order valence-electron chi connectivity index (χ3n) is 3.08. The third-order valence-corrected chi connectivity index (χ3v) is 3.36. The van der Waals surface area contributed by atoms with Gasteiger partial charge in [0.1, 0.15) is 22.8 Å². The Bertz CT molecular complexity index is 504. The van der Waals surface area contributed by atoms with Gasteiger partial charge in [-0.25, -0.2) is 14.8 Å². The minimum Gasteiger partial charge on any atom is -0.444 e. The molecule has 1 N–H and O–H groups in total. The monoisotopic (exact) mass is 312 g/mol. The quantitative estimate of drug-likeness (QED) is 0.909. The molecule has 1 aliphatic heterocycles. The number of nitrogens with one attached hydrogen (secondary N) is 1. The van der Waals surface area contributed by atoms with Crippen LogP contribution in [0.4, 0.5) is 10.6 Å². The number of carbonyl (C=O) groups is 1. The molecule has 2 rings (SSSR count). The number of amides is 1. The standard InChI is InChI=1S/C14H21ClN4O2/c1-14(2,3)21-13(20)19-6-4-5-10(8-19)18-12-11(15)7-16-9-17-12/h7,9-10H,4-6,8H2,1-3H3,(H,16,17,18). The number of hydrogen-bond acceptors (Lipinski definition) is 5. The number of hydrogen-bond donors (Lipinski definition) is 1. The molecule has 1 unspecified atom stereocenters. The second-order valence-corrected chi connectivity index (χ2v) is 6.54. The highest BCUT2D eigenvalue weighted by Gasteiger charge is 2.27. The lowest BCUT2D eigenvalue weighted by Crippen LogP contribution is -2.47. The van der Waals surface area contributed by atoms with E-state index < -0.39 is 5.60 Å². The van der Waals surface area contributed by atoms with Crippen LogP contribution in [0.5, 0.6) is 0 Å². The molecule has 1 aliphatic rings. The highest BCUT2D eigenvalue weighted by molar-refractivity contribution is 6.32. The first-order valence-corrected chi connectivity index (χ1v) is 7.43. The van der Waals surface area contributed by atoms with E-state index in [-0.39, 0.29) is 12.1 Å². The van der Waals surface area contributed by atoms with Gasteiger partial charge in [0, 0.05) is 19.1 Å². The SMILES string of the molecule is CC(C)(C)OC(=O)N1CCCC(Nc2ncncc2Cl)C1. The minimum absolute atomic E-state index is 0.110. The summed E-state index contributed by atoms with van der Waals surface area (Å²) in [6.45, 7) is 6.89. The number of piperidine rings is 1. The van der Waals surface area contributed by atoms with Crippen molar-refractivity contribution in [3.8, 4) is 0 Å². The van der Waals surface area contributed by atoms with E-state index in [4.69, 9.17) is 16.3 Å². The summed E-state index contributed by atoms with van der Waals surface area (Å²) in [6, 6.07) is 0.110. The Labute approximate surface area is 129 Å². The Morgan fingerprint density at radius 2 is 2.29 bits per heavy atom. The van der Waals surface area contributed by atoms with E-state index in [0.717, 1.165) is 12.8 Å². The fourth-order valence-corrected chi connectivity index (χ4v) is 2.36. The molecule has 0 bridgehead atoms. The van der Waals surface area contributed by atoms with Crippen LogP contribution in [0, 0.1) is 0 Å². The predicted octanol–water partition coefficient (Wildman–Crippen LogP) is 2.94. The van der Waals surface area contributed by atoms with E-state index >= 15 is 0 Å². The van der Waals surface area contributed by atoms with Gasteiger partial charge >= 0.3 is 6.09 Å². The van der Waals surface area contributed by atoms with Crippen molar-refractivity contribution in [2.24, 2.45) is 0 Å². The first kappa shape index (κ1) is 15.8. The maximum absolute atomic E-state index is 12.1. The molecule has 1 fully saturated rings. The number of ether oxygens (including phenoxy) is 1. The van der Waals surface area contributed by atoms with E-state index in [2.05, 4.69) is 15.3 Å². The molecular weight excluding hydrogens is 292 g/mol. The Hall–Kier alpha value is -1.56. The summed E-state index contributed by atoms with van der Waals surface area (Å²) in [5.74, 6) is 0.600. The molecule has 0 spiro atoms. The second-order valence-electron chi connectivity index (χ2n) is 6.13. The molecule has 0 saturated carbocycles. The maximum atomic E-state index is 12.1. The molecule has 1 saturated heterocycles. The van der Waals surface area contributed by atoms with Crippen LogP contribution in [-0.4, -0.2) is 45.7 Å². The molecule has 116 valence electrons. The Kier molecular flexibility index (Phi) is 4.88. The number of likely N-dealkylation sites (tertiary alicyclic amines) is 1. The van der Waals surface area contributed by atoms with Gasteiger partial charge in [0.2, 0.25) is 0 Å². The summed E-state index contributed by atoms with van der Waals surface area (Å²) in [5.41, 5.74) is -0.479. The maximum Gasteiger partial charge on any atom is 0.410 e. The van der Waals surface area contributed by atoms with Gasteiger partial charge in [-0.15, -0.1) is 0 Å². The van der Waals surface area contributed by atoms with Crippen LogP contribution in [0.2, 0.25) is 5.02 Å². The molecular formula is C14H21ClN4O2. The zero-order valence-corrected chi connectivity index (χ0v) is 13.4. The number of rotatable bonds is 2. The van der Waals surface area contributed by atoms with Crippen molar-refractivity contribution in [1.82, 2.24) is 14.9 Å². The predicted molar refractivity (Wildman–Crippen MR) is 81.5 cm³/mol. The van der Waals surface area contributed by atoms with Crippen molar-refractivity contribution in [3.05, 3.63) is 17.5 Å². The largest absolute Gasteiger partial charge is 0.444 e. The van der Waals surface area contributed by atoms with Crippen LogP contribution in [-0.2, 0) is 4.74 Å². The second kappa shape index (κ2) is 6.47. The van der Waals surface area contributed by atoms with Gasteiger partial charge in [-0.1, -0.05) is 11.6 Å². The molecule has 0 aliphatic carbocycles. The molecule has 0 radical (unpaired) electrons. The van der Waals surface area contributed by atoms with Gasteiger partial charge < -0.3 is 15.0 Å². The van der Waals surface area contributed by atoms with Crippen molar-refractivity contribution in [1.29, 1.82) is 0 Å².